The van der Waals surface area contributed by atoms with Gasteiger partial charge in [-0.1, -0.05) is 120 Å². The van der Waals surface area contributed by atoms with E-state index in [-0.39, 0.29) is 10.8 Å². The second kappa shape index (κ2) is 16.6. The zero-order valence-corrected chi connectivity index (χ0v) is 37.7. The van der Waals surface area contributed by atoms with E-state index in [4.69, 9.17) is 14.7 Å². The van der Waals surface area contributed by atoms with E-state index >= 15 is 0 Å². The Morgan fingerprint density at radius 2 is 1.28 bits per heavy atom. The number of hydrogen-bond acceptors (Lipinski definition) is 3. The predicted octanol–water partition coefficient (Wildman–Crippen LogP) is 15.4. The van der Waals surface area contributed by atoms with Crippen LogP contribution < -0.4 is 4.74 Å². The number of benzene rings is 4. The number of hydrogen-bond donors (Lipinski definition) is 0. The summed E-state index contributed by atoms with van der Waals surface area (Å²) < 4.78 is 6.95. The van der Waals surface area contributed by atoms with Gasteiger partial charge in [0, 0.05) is 22.3 Å². The van der Waals surface area contributed by atoms with Crippen LogP contribution in [0, 0.1) is 13.8 Å². The molecule has 1 aliphatic heterocycles. The molecule has 8 rings (SSSR count). The van der Waals surface area contributed by atoms with Gasteiger partial charge in [-0.2, -0.15) is 0 Å². The fraction of sp³-hybridized carbons (Fsp3) is 0.310. The van der Waals surface area contributed by atoms with E-state index in [0.29, 0.717) is 5.92 Å². The normalized spacial score (nSPS) is 16.2. The lowest BCUT2D eigenvalue weighted by atomic mass is 9.65. The van der Waals surface area contributed by atoms with Crippen molar-refractivity contribution < 1.29 is 4.74 Å². The quantitative estimate of drug-likeness (QED) is 0.136. The number of fused-ring (bicyclic) bond motifs is 2. The summed E-state index contributed by atoms with van der Waals surface area (Å²) in [5.74, 6) is 2.13. The molecule has 61 heavy (non-hydrogen) atoms. The number of nitrogens with zero attached hydrogens (tertiary/aromatic N) is 2. The van der Waals surface area contributed by atoms with Crippen LogP contribution in [0.15, 0.2) is 146 Å². The fourth-order valence-electron chi connectivity index (χ4n) is 9.46. The molecule has 0 bridgehead atoms. The second-order valence-corrected chi connectivity index (χ2v) is 19.5. The first-order chi connectivity index (χ1) is 29.2. The maximum Gasteiger partial charge on any atom is 0.132 e. The Balaban J connectivity index is 1.39. The van der Waals surface area contributed by atoms with Crippen molar-refractivity contribution in [2.45, 2.75) is 116 Å². The zero-order chi connectivity index (χ0) is 43.1. The first kappa shape index (κ1) is 41.9. The third kappa shape index (κ3) is 8.20. The van der Waals surface area contributed by atoms with Crippen LogP contribution in [0.1, 0.15) is 135 Å². The molecule has 1 fully saturated rings. The third-order valence-corrected chi connectivity index (χ3v) is 13.1. The predicted molar refractivity (Wildman–Crippen MR) is 256 cm³/mol. The average molecular weight is 803 g/mol. The van der Waals surface area contributed by atoms with Gasteiger partial charge in [-0.05, 0) is 163 Å². The molecule has 2 aromatic heterocycles. The molecule has 3 nitrogen and oxygen atoms in total. The van der Waals surface area contributed by atoms with E-state index in [1.165, 1.54) is 51.8 Å². The monoisotopic (exact) mass is 802 g/mol. The van der Waals surface area contributed by atoms with Crippen molar-refractivity contribution in [2.75, 3.05) is 0 Å². The summed E-state index contributed by atoms with van der Waals surface area (Å²) in [7, 11) is 0. The Morgan fingerprint density at radius 3 is 1.84 bits per heavy atom. The molecule has 4 aromatic carbocycles. The third-order valence-electron chi connectivity index (χ3n) is 13.1. The van der Waals surface area contributed by atoms with Crippen LogP contribution in [-0.4, -0.2) is 9.97 Å². The van der Waals surface area contributed by atoms with Crippen molar-refractivity contribution in [2.24, 2.45) is 0 Å². The van der Waals surface area contributed by atoms with Gasteiger partial charge in [-0.25, -0.2) is 0 Å². The summed E-state index contributed by atoms with van der Waals surface area (Å²) in [5, 5.41) is 0. The van der Waals surface area contributed by atoms with Gasteiger partial charge in [-0.3, -0.25) is 9.97 Å². The lowest BCUT2D eigenvalue weighted by Crippen LogP contribution is -2.37. The molecule has 3 heteroatoms. The summed E-state index contributed by atoms with van der Waals surface area (Å²) in [5.41, 5.74) is 16.0. The van der Waals surface area contributed by atoms with E-state index in [2.05, 4.69) is 190 Å². The van der Waals surface area contributed by atoms with Crippen molar-refractivity contribution in [3.63, 3.8) is 0 Å². The zero-order valence-electron chi connectivity index (χ0n) is 37.7. The van der Waals surface area contributed by atoms with Crippen LogP contribution in [-0.2, 0) is 22.7 Å². The number of aryl methyl sites for hydroxylation is 2. The first-order valence-corrected chi connectivity index (χ1v) is 22.2. The van der Waals surface area contributed by atoms with Gasteiger partial charge in [-0.15, -0.1) is 6.58 Å². The van der Waals surface area contributed by atoms with Crippen molar-refractivity contribution in [3.05, 3.63) is 202 Å². The Bertz CT molecular complexity index is 2600. The van der Waals surface area contributed by atoms with E-state index < -0.39 is 5.41 Å². The molecule has 0 spiro atoms. The van der Waals surface area contributed by atoms with E-state index in [1.54, 1.807) is 0 Å². The minimum Gasteiger partial charge on any atom is -0.457 e. The average Bonchev–Trinajstić information content (AvgIpc) is 3.24. The maximum absolute atomic E-state index is 6.95. The standard InChI is InChI=1S/C58H62N2O/c1-11-12-13-14-19-41-27-28-43(34-40(41)4)50-21-16-23-54(59-50)58(55-24-17-22-51(60-55)44-26-25-39(3)47(35-44)42-20-15-18-38(2)33-42)48-36-45(56(5,6)7)29-31-52(48)61-53-32-30-46(37-49(53)58)57(8,9)10/h11,13-14,16-17,21-32,34-37,42H,1-2,12,15,18-20,33H2,3-10H3/b14-13+. The molecule has 3 heterocycles. The molecule has 2 aliphatic rings. The highest BCUT2D eigenvalue weighted by Gasteiger charge is 2.49. The van der Waals surface area contributed by atoms with Crippen LogP contribution in [0.3, 0.4) is 0 Å². The van der Waals surface area contributed by atoms with Gasteiger partial charge < -0.3 is 4.74 Å². The molecule has 1 atom stereocenters. The number of rotatable bonds is 9. The van der Waals surface area contributed by atoms with Crippen molar-refractivity contribution >= 4 is 0 Å². The fourth-order valence-corrected chi connectivity index (χ4v) is 9.46. The topological polar surface area (TPSA) is 35.0 Å². The Labute approximate surface area is 365 Å². The molecular weight excluding hydrogens is 741 g/mol. The number of allylic oxidation sites excluding steroid dienone is 4. The maximum atomic E-state index is 6.95. The number of aromatic nitrogens is 2. The van der Waals surface area contributed by atoms with Crippen molar-refractivity contribution in [3.8, 4) is 34.0 Å². The van der Waals surface area contributed by atoms with Crippen LogP contribution in [0.4, 0.5) is 0 Å². The summed E-state index contributed by atoms with van der Waals surface area (Å²) in [6, 6.07) is 40.3. The molecule has 0 amide bonds. The van der Waals surface area contributed by atoms with Crippen LogP contribution >= 0.6 is 0 Å². The van der Waals surface area contributed by atoms with Gasteiger partial charge in [0.1, 0.15) is 16.9 Å². The molecular formula is C58H62N2O. The van der Waals surface area contributed by atoms with Crippen LogP contribution in [0.2, 0.25) is 0 Å². The van der Waals surface area contributed by atoms with Gasteiger partial charge in [0.2, 0.25) is 0 Å². The number of ether oxygens (including phenoxy) is 1. The van der Waals surface area contributed by atoms with Crippen molar-refractivity contribution in [1.82, 2.24) is 9.97 Å². The lowest BCUT2D eigenvalue weighted by Gasteiger charge is -2.41. The molecule has 310 valence electrons. The molecule has 1 aliphatic carbocycles. The van der Waals surface area contributed by atoms with Crippen LogP contribution in [0.25, 0.3) is 22.5 Å². The second-order valence-electron chi connectivity index (χ2n) is 19.5. The van der Waals surface area contributed by atoms with Gasteiger partial charge >= 0.3 is 0 Å². The highest BCUT2D eigenvalue weighted by atomic mass is 16.5. The molecule has 1 unspecified atom stereocenters. The SMILES string of the molecule is C=CC/C=C/Cc1ccc(-c2cccc(C3(c4cccc(-c5ccc(C)c(C6CCCC(=C)C6)c5)n4)c4cc(C(C)(C)C)ccc4Oc4ccc(C(C)(C)C)cc43)n2)cc1C. The highest BCUT2D eigenvalue weighted by molar-refractivity contribution is 5.72. The van der Waals surface area contributed by atoms with E-state index in [0.717, 1.165) is 82.2 Å². The molecule has 0 radical (unpaired) electrons. The summed E-state index contributed by atoms with van der Waals surface area (Å²) in [6.45, 7) is 26.4. The smallest absolute Gasteiger partial charge is 0.132 e. The Kier molecular flexibility index (Phi) is 11.4. The molecule has 0 saturated heterocycles. The Morgan fingerprint density at radius 1 is 0.689 bits per heavy atom. The van der Waals surface area contributed by atoms with E-state index in [1.807, 2.05) is 6.08 Å². The molecule has 0 N–H and O–H groups in total. The molecule has 6 aromatic rings. The van der Waals surface area contributed by atoms with E-state index in [9.17, 15) is 0 Å². The molecule has 1 saturated carbocycles. The van der Waals surface area contributed by atoms with Crippen molar-refractivity contribution in [1.29, 1.82) is 0 Å². The first-order valence-electron chi connectivity index (χ1n) is 22.2. The van der Waals surface area contributed by atoms with Gasteiger partial charge in [0.05, 0.1) is 22.8 Å². The van der Waals surface area contributed by atoms with Crippen LogP contribution in [0.5, 0.6) is 11.5 Å². The highest BCUT2D eigenvalue weighted by Crippen LogP contribution is 2.56. The summed E-state index contributed by atoms with van der Waals surface area (Å²) >= 11 is 0. The van der Waals surface area contributed by atoms with Gasteiger partial charge in [0.15, 0.2) is 0 Å². The summed E-state index contributed by atoms with van der Waals surface area (Å²) in [6.07, 6.45) is 12.7. The Hall–Kier alpha value is -5.80. The largest absolute Gasteiger partial charge is 0.457 e. The lowest BCUT2D eigenvalue weighted by molar-refractivity contribution is 0.426. The minimum absolute atomic E-state index is 0.109. The van der Waals surface area contributed by atoms with Gasteiger partial charge in [0.25, 0.3) is 0 Å². The summed E-state index contributed by atoms with van der Waals surface area (Å²) in [4.78, 5) is 11.5. The number of pyridine rings is 2. The minimum atomic E-state index is -0.920.